The van der Waals surface area contributed by atoms with Crippen LogP contribution in [0.5, 0.6) is 0 Å². The van der Waals surface area contributed by atoms with E-state index in [9.17, 15) is 17.6 Å². The second-order valence-corrected chi connectivity index (χ2v) is 7.78. The molecular weight excluding hydrogens is 321 g/mol. The van der Waals surface area contributed by atoms with Crippen LogP contribution in [0, 0.1) is 5.82 Å². The monoisotopic (exact) mass is 337 g/mol. The summed E-state index contributed by atoms with van der Waals surface area (Å²) in [4.78, 5) is 21.1. The first kappa shape index (κ1) is 15.7. The summed E-state index contributed by atoms with van der Waals surface area (Å²) in [7, 11) is -3.14. The molecule has 0 saturated carbocycles. The molecule has 0 unspecified atom stereocenters. The molecule has 8 heteroatoms. The molecule has 6 nitrogen and oxygen atoms in total. The van der Waals surface area contributed by atoms with Gasteiger partial charge in [0.2, 0.25) is 0 Å². The number of amides is 1. The number of hydrogen-bond acceptors (Lipinski definition) is 4. The summed E-state index contributed by atoms with van der Waals surface area (Å²) < 4.78 is 37.1. The van der Waals surface area contributed by atoms with E-state index in [0.717, 1.165) is 6.07 Å². The number of carbonyl (C=O) groups excluding carboxylic acids is 1. The molecule has 0 spiro atoms. The van der Waals surface area contributed by atoms with Gasteiger partial charge in [-0.25, -0.2) is 17.8 Å². The average molecular weight is 337 g/mol. The summed E-state index contributed by atoms with van der Waals surface area (Å²) in [5, 5.41) is 0. The fraction of sp³-hybridized carbons (Fsp3) is 0.333. The average Bonchev–Trinajstić information content (AvgIpc) is 3.09. The van der Waals surface area contributed by atoms with E-state index in [1.807, 2.05) is 0 Å². The first-order valence-electron chi connectivity index (χ1n) is 7.16. The van der Waals surface area contributed by atoms with Crippen LogP contribution >= 0.6 is 0 Å². The maximum atomic E-state index is 13.8. The van der Waals surface area contributed by atoms with Crippen LogP contribution in [0.25, 0.3) is 11.0 Å². The molecule has 3 rings (SSSR count). The van der Waals surface area contributed by atoms with Crippen LogP contribution in [-0.2, 0) is 9.84 Å². The SMILES string of the molecule is C=CCN(C(=O)c1cc(F)cc2[nH]cnc12)[C@@H]1CCS(=O)(=O)C1. The highest BCUT2D eigenvalue weighted by Gasteiger charge is 2.35. The Bertz CT molecular complexity index is 875. The number of aromatic nitrogens is 2. The number of benzene rings is 1. The number of sulfone groups is 1. The number of aromatic amines is 1. The second kappa shape index (κ2) is 5.77. The molecule has 0 radical (unpaired) electrons. The zero-order valence-electron chi connectivity index (χ0n) is 12.3. The van der Waals surface area contributed by atoms with E-state index in [2.05, 4.69) is 16.5 Å². The number of fused-ring (bicyclic) bond motifs is 1. The van der Waals surface area contributed by atoms with E-state index >= 15 is 0 Å². The lowest BCUT2D eigenvalue weighted by Crippen LogP contribution is -2.41. The summed E-state index contributed by atoms with van der Waals surface area (Å²) >= 11 is 0. The van der Waals surface area contributed by atoms with Gasteiger partial charge in [-0.3, -0.25) is 4.79 Å². The molecule has 2 heterocycles. The summed E-state index contributed by atoms with van der Waals surface area (Å²) in [5.74, 6) is -1.02. The second-order valence-electron chi connectivity index (χ2n) is 5.56. The van der Waals surface area contributed by atoms with E-state index < -0.39 is 27.6 Å². The third kappa shape index (κ3) is 2.98. The minimum absolute atomic E-state index is 0.0551. The van der Waals surface area contributed by atoms with Gasteiger partial charge in [-0.05, 0) is 18.6 Å². The zero-order valence-corrected chi connectivity index (χ0v) is 13.1. The van der Waals surface area contributed by atoms with Crippen LogP contribution in [0.15, 0.2) is 31.1 Å². The lowest BCUT2D eigenvalue weighted by Gasteiger charge is -2.27. The van der Waals surface area contributed by atoms with Crippen LogP contribution in [0.2, 0.25) is 0 Å². The number of imidazole rings is 1. The smallest absolute Gasteiger partial charge is 0.256 e. The highest BCUT2D eigenvalue weighted by molar-refractivity contribution is 7.91. The van der Waals surface area contributed by atoms with Crippen LogP contribution in [-0.4, -0.2) is 53.3 Å². The van der Waals surface area contributed by atoms with Crippen molar-refractivity contribution in [3.8, 4) is 0 Å². The van der Waals surface area contributed by atoms with Gasteiger partial charge in [0, 0.05) is 12.6 Å². The van der Waals surface area contributed by atoms with Crippen molar-refractivity contribution >= 4 is 26.8 Å². The van der Waals surface area contributed by atoms with E-state index in [0.29, 0.717) is 17.5 Å². The van der Waals surface area contributed by atoms with Crippen LogP contribution in [0.3, 0.4) is 0 Å². The minimum Gasteiger partial charge on any atom is -0.344 e. The standard InChI is InChI=1S/C15H16FN3O3S/c1-2-4-19(11-3-5-23(21,22)8-11)15(20)12-6-10(16)7-13-14(12)18-9-17-13/h2,6-7,9,11H,1,3-5,8H2,(H,17,18)/t11-/m1/s1. The minimum atomic E-state index is -3.14. The number of halogens is 1. The molecule has 1 amide bonds. The Hall–Kier alpha value is -2.22. The van der Waals surface area contributed by atoms with Gasteiger partial charge in [-0.15, -0.1) is 6.58 Å². The number of hydrogen-bond donors (Lipinski definition) is 1. The van der Waals surface area contributed by atoms with Crippen molar-refractivity contribution < 1.29 is 17.6 Å². The van der Waals surface area contributed by atoms with Gasteiger partial charge in [-0.2, -0.15) is 0 Å². The molecule has 1 aromatic heterocycles. The molecule has 0 aliphatic carbocycles. The Kier molecular flexibility index (Phi) is 3.93. The number of nitrogens with zero attached hydrogens (tertiary/aromatic N) is 2. The predicted octanol–water partition coefficient (Wildman–Crippen LogP) is 1.52. The van der Waals surface area contributed by atoms with Gasteiger partial charge < -0.3 is 9.88 Å². The molecule has 0 bridgehead atoms. The van der Waals surface area contributed by atoms with E-state index in [-0.39, 0.29) is 23.6 Å². The third-order valence-electron chi connectivity index (χ3n) is 3.95. The maximum Gasteiger partial charge on any atom is 0.256 e. The first-order valence-corrected chi connectivity index (χ1v) is 8.98. The van der Waals surface area contributed by atoms with Crippen LogP contribution < -0.4 is 0 Å². The summed E-state index contributed by atoms with van der Waals surface area (Å²) in [6, 6.07) is 1.96. The molecule has 1 fully saturated rings. The molecule has 1 aromatic carbocycles. The van der Waals surface area contributed by atoms with Gasteiger partial charge in [0.05, 0.1) is 28.9 Å². The predicted molar refractivity (Wildman–Crippen MR) is 84.3 cm³/mol. The normalized spacial score (nSPS) is 19.8. The molecule has 23 heavy (non-hydrogen) atoms. The van der Waals surface area contributed by atoms with Crippen molar-refractivity contribution in [1.29, 1.82) is 0 Å². The largest absolute Gasteiger partial charge is 0.344 e. The van der Waals surface area contributed by atoms with Gasteiger partial charge >= 0.3 is 0 Å². The topological polar surface area (TPSA) is 83.1 Å². The Morgan fingerprint density at radius 2 is 2.30 bits per heavy atom. The van der Waals surface area contributed by atoms with E-state index in [4.69, 9.17) is 0 Å². The summed E-state index contributed by atoms with van der Waals surface area (Å²) in [5.41, 5.74) is 0.907. The fourth-order valence-corrected chi connectivity index (χ4v) is 4.62. The third-order valence-corrected chi connectivity index (χ3v) is 5.70. The summed E-state index contributed by atoms with van der Waals surface area (Å²) in [6.07, 6.45) is 3.30. The fourth-order valence-electron chi connectivity index (χ4n) is 2.89. The van der Waals surface area contributed by atoms with Crippen LogP contribution in [0.1, 0.15) is 16.8 Å². The molecule has 1 saturated heterocycles. The van der Waals surface area contributed by atoms with Gasteiger partial charge in [0.25, 0.3) is 5.91 Å². The molecule has 1 aliphatic rings. The number of rotatable bonds is 4. The van der Waals surface area contributed by atoms with E-state index in [1.165, 1.54) is 23.4 Å². The van der Waals surface area contributed by atoms with E-state index in [1.54, 1.807) is 0 Å². The zero-order chi connectivity index (χ0) is 16.6. The summed E-state index contributed by atoms with van der Waals surface area (Å²) in [6.45, 7) is 3.81. The van der Waals surface area contributed by atoms with Crippen molar-refractivity contribution in [3.05, 3.63) is 42.5 Å². The molecular formula is C15H16FN3O3S. The maximum absolute atomic E-state index is 13.8. The quantitative estimate of drug-likeness (QED) is 0.858. The highest BCUT2D eigenvalue weighted by atomic mass is 32.2. The lowest BCUT2D eigenvalue weighted by molar-refractivity contribution is 0.0722. The molecule has 122 valence electrons. The van der Waals surface area contributed by atoms with Gasteiger partial charge in [0.15, 0.2) is 9.84 Å². The van der Waals surface area contributed by atoms with Crippen molar-refractivity contribution in [2.75, 3.05) is 18.1 Å². The first-order chi connectivity index (χ1) is 10.9. The Balaban J connectivity index is 2.00. The Morgan fingerprint density at radius 3 is 2.96 bits per heavy atom. The number of H-pyrrole nitrogens is 1. The van der Waals surface area contributed by atoms with Crippen molar-refractivity contribution in [2.45, 2.75) is 12.5 Å². The number of carbonyl (C=O) groups is 1. The Labute approximate surface area is 132 Å². The van der Waals surface area contributed by atoms with Gasteiger partial charge in [0.1, 0.15) is 11.3 Å². The van der Waals surface area contributed by atoms with Gasteiger partial charge in [-0.1, -0.05) is 6.08 Å². The highest BCUT2D eigenvalue weighted by Crippen LogP contribution is 2.23. The molecule has 1 aliphatic heterocycles. The molecule has 2 aromatic rings. The Morgan fingerprint density at radius 1 is 1.52 bits per heavy atom. The van der Waals surface area contributed by atoms with Crippen molar-refractivity contribution in [1.82, 2.24) is 14.9 Å². The lowest BCUT2D eigenvalue weighted by atomic mass is 10.1. The van der Waals surface area contributed by atoms with Crippen molar-refractivity contribution in [3.63, 3.8) is 0 Å². The molecule has 1 atom stereocenters. The number of nitrogens with one attached hydrogen (secondary N) is 1. The van der Waals surface area contributed by atoms with Crippen molar-refractivity contribution in [2.24, 2.45) is 0 Å². The van der Waals surface area contributed by atoms with Crippen LogP contribution in [0.4, 0.5) is 4.39 Å². The molecule has 1 N–H and O–H groups in total.